The van der Waals surface area contributed by atoms with Crippen LogP contribution in [0.2, 0.25) is 0 Å². The lowest BCUT2D eigenvalue weighted by atomic mass is 10.0. The summed E-state index contributed by atoms with van der Waals surface area (Å²) in [6, 6.07) is 1.53. The second-order valence-electron chi connectivity index (χ2n) is 4.55. The van der Waals surface area contributed by atoms with E-state index in [1.54, 1.807) is 0 Å². The first-order chi connectivity index (χ1) is 8.63. The molecule has 2 heterocycles. The first kappa shape index (κ1) is 13.5. The van der Waals surface area contributed by atoms with Crippen molar-refractivity contribution >= 4 is 10.0 Å². The zero-order valence-corrected chi connectivity index (χ0v) is 11.4. The maximum absolute atomic E-state index is 12.1. The molecule has 102 valence electrons. The normalized spacial score (nSPS) is 21.1. The van der Waals surface area contributed by atoms with Crippen LogP contribution in [-0.2, 0) is 16.6 Å². The smallest absolute Gasteiger partial charge is 0.257 e. The summed E-state index contributed by atoms with van der Waals surface area (Å²) in [5.41, 5.74) is 0. The van der Waals surface area contributed by atoms with Gasteiger partial charge in [-0.1, -0.05) is 0 Å². The fraction of sp³-hybridized carbons (Fsp3) is 0.727. The van der Waals surface area contributed by atoms with Crippen LogP contribution in [0, 0.1) is 5.92 Å². The van der Waals surface area contributed by atoms with Gasteiger partial charge in [-0.3, -0.25) is 4.68 Å². The summed E-state index contributed by atoms with van der Waals surface area (Å²) in [7, 11) is -3.44. The molecular weight excluding hydrogens is 252 g/mol. The summed E-state index contributed by atoms with van der Waals surface area (Å²) in [4.78, 5) is 0. The molecule has 0 spiro atoms. The largest absolute Gasteiger partial charge is 0.316 e. The van der Waals surface area contributed by atoms with Crippen molar-refractivity contribution in [2.75, 3.05) is 19.6 Å². The molecule has 1 aliphatic heterocycles. The van der Waals surface area contributed by atoms with Crippen molar-refractivity contribution in [2.45, 2.75) is 31.3 Å². The topological polar surface area (TPSA) is 76.0 Å². The van der Waals surface area contributed by atoms with Gasteiger partial charge in [-0.25, -0.2) is 13.1 Å². The molecule has 2 rings (SSSR count). The Morgan fingerprint density at radius 3 is 3.11 bits per heavy atom. The number of nitrogens with one attached hydrogen (secondary N) is 2. The molecule has 1 aliphatic rings. The number of piperidine rings is 1. The van der Waals surface area contributed by atoms with Gasteiger partial charge in [0.1, 0.15) is 0 Å². The summed E-state index contributed by atoms with van der Waals surface area (Å²) < 4.78 is 28.4. The van der Waals surface area contributed by atoms with Crippen LogP contribution in [0.15, 0.2) is 17.3 Å². The van der Waals surface area contributed by atoms with E-state index in [0.29, 0.717) is 19.0 Å². The lowest BCUT2D eigenvalue weighted by Crippen LogP contribution is -2.38. The first-order valence-corrected chi connectivity index (χ1v) is 7.84. The lowest BCUT2D eigenvalue weighted by Gasteiger charge is -2.22. The van der Waals surface area contributed by atoms with E-state index >= 15 is 0 Å². The minimum absolute atomic E-state index is 0.244. The second kappa shape index (κ2) is 5.81. The van der Waals surface area contributed by atoms with Gasteiger partial charge < -0.3 is 5.32 Å². The van der Waals surface area contributed by atoms with Gasteiger partial charge in [-0.2, -0.15) is 5.10 Å². The Labute approximate surface area is 108 Å². The zero-order chi connectivity index (χ0) is 13.0. The molecule has 2 N–H and O–H groups in total. The van der Waals surface area contributed by atoms with Gasteiger partial charge in [-0.15, -0.1) is 0 Å². The molecule has 1 aromatic heterocycles. The maximum Gasteiger partial charge on any atom is 0.257 e. The van der Waals surface area contributed by atoms with Crippen molar-refractivity contribution in [3.8, 4) is 0 Å². The standard InChI is InChI=1S/C11H20N4O2S/c1-2-15-11(5-7-13-15)18(16,17)14-9-10-4-3-6-12-8-10/h5,7,10,12,14H,2-4,6,8-9H2,1H3. The van der Waals surface area contributed by atoms with Crippen molar-refractivity contribution in [3.05, 3.63) is 12.3 Å². The van der Waals surface area contributed by atoms with Crippen LogP contribution in [0.25, 0.3) is 0 Å². The predicted molar refractivity (Wildman–Crippen MR) is 68.7 cm³/mol. The molecule has 1 fully saturated rings. The Balaban J connectivity index is 1.99. The summed E-state index contributed by atoms with van der Waals surface area (Å²) in [6.45, 7) is 4.83. The number of aromatic nitrogens is 2. The van der Waals surface area contributed by atoms with Gasteiger partial charge in [-0.05, 0) is 44.8 Å². The highest BCUT2D eigenvalue weighted by Crippen LogP contribution is 2.11. The molecular formula is C11H20N4O2S. The number of hydrogen-bond donors (Lipinski definition) is 2. The van der Waals surface area contributed by atoms with Crippen LogP contribution < -0.4 is 10.0 Å². The minimum Gasteiger partial charge on any atom is -0.316 e. The highest BCUT2D eigenvalue weighted by molar-refractivity contribution is 7.89. The predicted octanol–water partition coefficient (Wildman–Crippen LogP) is 0.181. The zero-order valence-electron chi connectivity index (χ0n) is 10.6. The van der Waals surface area contributed by atoms with Gasteiger partial charge in [0.2, 0.25) is 0 Å². The van der Waals surface area contributed by atoms with E-state index in [1.165, 1.54) is 16.9 Å². The third kappa shape index (κ3) is 3.09. The van der Waals surface area contributed by atoms with Crippen LogP contribution in [0.1, 0.15) is 19.8 Å². The number of nitrogens with zero attached hydrogens (tertiary/aromatic N) is 2. The summed E-state index contributed by atoms with van der Waals surface area (Å²) in [6.07, 6.45) is 3.70. The molecule has 7 heteroatoms. The van der Waals surface area contributed by atoms with Crippen LogP contribution in [0.5, 0.6) is 0 Å². The Morgan fingerprint density at radius 1 is 1.61 bits per heavy atom. The first-order valence-electron chi connectivity index (χ1n) is 6.35. The van der Waals surface area contributed by atoms with Gasteiger partial charge in [0, 0.05) is 13.1 Å². The van der Waals surface area contributed by atoms with E-state index in [4.69, 9.17) is 0 Å². The van der Waals surface area contributed by atoms with Gasteiger partial charge >= 0.3 is 0 Å². The summed E-state index contributed by atoms with van der Waals surface area (Å²) in [5.74, 6) is 0.381. The molecule has 0 bridgehead atoms. The quantitative estimate of drug-likeness (QED) is 0.802. The van der Waals surface area contributed by atoms with Crippen molar-refractivity contribution < 1.29 is 8.42 Å². The Kier molecular flexibility index (Phi) is 4.36. The minimum atomic E-state index is -3.44. The number of aryl methyl sites for hydroxylation is 1. The molecule has 0 radical (unpaired) electrons. The van der Waals surface area contributed by atoms with Crippen LogP contribution >= 0.6 is 0 Å². The molecule has 1 aromatic rings. The van der Waals surface area contributed by atoms with Gasteiger partial charge in [0.05, 0.1) is 6.20 Å². The fourth-order valence-corrected chi connectivity index (χ4v) is 3.48. The average molecular weight is 272 g/mol. The summed E-state index contributed by atoms with van der Waals surface area (Å²) >= 11 is 0. The van der Waals surface area contributed by atoms with Crippen LogP contribution in [0.4, 0.5) is 0 Å². The van der Waals surface area contributed by atoms with Crippen LogP contribution in [-0.4, -0.2) is 37.8 Å². The Hall–Kier alpha value is -0.920. The molecule has 18 heavy (non-hydrogen) atoms. The van der Waals surface area contributed by atoms with E-state index in [2.05, 4.69) is 15.1 Å². The second-order valence-corrected chi connectivity index (χ2v) is 6.26. The maximum atomic E-state index is 12.1. The van der Waals surface area contributed by atoms with Crippen LogP contribution in [0.3, 0.4) is 0 Å². The molecule has 0 aromatic carbocycles. The van der Waals surface area contributed by atoms with Crippen molar-refractivity contribution in [3.63, 3.8) is 0 Å². The average Bonchev–Trinajstić information content (AvgIpc) is 2.87. The third-order valence-corrected chi connectivity index (χ3v) is 4.66. The van der Waals surface area contributed by atoms with E-state index in [9.17, 15) is 8.42 Å². The Bertz CT molecular complexity index is 477. The van der Waals surface area contributed by atoms with E-state index in [1.807, 2.05) is 6.92 Å². The Morgan fingerprint density at radius 2 is 2.44 bits per heavy atom. The highest BCUT2D eigenvalue weighted by Gasteiger charge is 2.21. The SMILES string of the molecule is CCn1nccc1S(=O)(=O)NCC1CCCNC1. The number of hydrogen-bond acceptors (Lipinski definition) is 4. The third-order valence-electron chi connectivity index (χ3n) is 3.21. The molecule has 1 saturated heterocycles. The molecule has 1 atom stereocenters. The number of rotatable bonds is 5. The van der Waals surface area contributed by atoms with Crippen molar-refractivity contribution in [1.29, 1.82) is 0 Å². The lowest BCUT2D eigenvalue weighted by molar-refractivity contribution is 0.375. The summed E-state index contributed by atoms with van der Waals surface area (Å²) in [5, 5.41) is 7.50. The molecule has 1 unspecified atom stereocenters. The fourth-order valence-electron chi connectivity index (χ4n) is 2.19. The monoisotopic (exact) mass is 272 g/mol. The number of sulfonamides is 1. The molecule has 0 saturated carbocycles. The van der Waals surface area contributed by atoms with Gasteiger partial charge in [0.25, 0.3) is 10.0 Å². The van der Waals surface area contributed by atoms with E-state index in [0.717, 1.165) is 25.9 Å². The molecule has 0 amide bonds. The van der Waals surface area contributed by atoms with Gasteiger partial charge in [0.15, 0.2) is 5.03 Å². The van der Waals surface area contributed by atoms with E-state index < -0.39 is 10.0 Å². The molecule has 0 aliphatic carbocycles. The van der Waals surface area contributed by atoms with Crippen molar-refractivity contribution in [1.82, 2.24) is 19.8 Å². The van der Waals surface area contributed by atoms with E-state index in [-0.39, 0.29) is 5.03 Å². The van der Waals surface area contributed by atoms with Crippen molar-refractivity contribution in [2.24, 2.45) is 5.92 Å². The molecule has 6 nitrogen and oxygen atoms in total. The highest BCUT2D eigenvalue weighted by atomic mass is 32.2.